The third kappa shape index (κ3) is 16.2. The lowest BCUT2D eigenvalue weighted by molar-refractivity contribution is -0.144. The number of aliphatic carboxylic acids is 3. The fraction of sp³-hybridized carbons (Fsp3) is 0.556. The number of carbonyl (C=O) groups excluding carboxylic acids is 1. The molecule has 0 aliphatic heterocycles. The number of amides is 1. The number of primary amides is 1. The number of carbonyl (C=O) groups is 4. The fourth-order valence-electron chi connectivity index (χ4n) is 0.953. The first-order chi connectivity index (χ1) is 10.3. The first kappa shape index (κ1) is 23.2. The van der Waals surface area contributed by atoms with Crippen LogP contribution in [0.3, 0.4) is 0 Å². The molecule has 0 heterocycles. The Kier molecular flexibility index (Phi) is 10.7. The molecule has 1 amide bonds. The molecular weight excluding hydrogens is 341 g/mol. The molecular formula is C9H18N3O10P. The minimum Gasteiger partial charge on any atom is -0.481 e. The summed E-state index contributed by atoms with van der Waals surface area (Å²) in [6, 6.07) is -2.57. The molecule has 0 saturated carbocycles. The molecule has 0 aromatic heterocycles. The molecule has 0 aliphatic carbocycles. The van der Waals surface area contributed by atoms with E-state index in [2.05, 4.69) is 5.32 Å². The number of hydrogen-bond donors (Lipinski definition) is 8. The first-order valence-electron chi connectivity index (χ1n) is 5.75. The van der Waals surface area contributed by atoms with Gasteiger partial charge in [-0.15, -0.1) is 0 Å². The van der Waals surface area contributed by atoms with Crippen molar-refractivity contribution in [3.8, 4) is 0 Å². The lowest BCUT2D eigenvalue weighted by Crippen LogP contribution is -2.43. The highest BCUT2D eigenvalue weighted by atomic mass is 31.2. The molecule has 0 fully saturated rings. The second-order valence-corrected chi connectivity index (χ2v) is 5.77. The molecule has 13 nitrogen and oxygen atoms in total. The summed E-state index contributed by atoms with van der Waals surface area (Å²) >= 11 is 0. The van der Waals surface area contributed by atoms with Gasteiger partial charge in [0.1, 0.15) is 6.04 Å². The number of rotatable bonds is 9. The van der Waals surface area contributed by atoms with E-state index in [-0.39, 0.29) is 0 Å². The molecule has 2 atom stereocenters. The van der Waals surface area contributed by atoms with Gasteiger partial charge in [-0.3, -0.25) is 29.1 Å². The van der Waals surface area contributed by atoms with Crippen molar-refractivity contribution in [3.63, 3.8) is 0 Å². The van der Waals surface area contributed by atoms with Crippen molar-refractivity contribution >= 4 is 31.4 Å². The Morgan fingerprint density at radius 2 is 1.43 bits per heavy atom. The van der Waals surface area contributed by atoms with E-state index in [9.17, 15) is 23.7 Å². The highest BCUT2D eigenvalue weighted by Gasteiger charge is 2.22. The van der Waals surface area contributed by atoms with E-state index in [0.29, 0.717) is 0 Å². The molecule has 0 unspecified atom stereocenters. The Morgan fingerprint density at radius 3 is 1.65 bits per heavy atom. The molecule has 0 saturated heterocycles. The summed E-state index contributed by atoms with van der Waals surface area (Å²) in [5.41, 5.74) is 9.63. The summed E-state index contributed by atoms with van der Waals surface area (Å²) in [6.07, 6.45) is -1.93. The van der Waals surface area contributed by atoms with E-state index >= 15 is 0 Å². The maximum Gasteiger partial charge on any atom is 0.339 e. The quantitative estimate of drug-likeness (QED) is 0.191. The van der Waals surface area contributed by atoms with E-state index in [1.165, 1.54) is 0 Å². The van der Waals surface area contributed by atoms with E-state index in [4.69, 9.17) is 36.6 Å². The maximum absolute atomic E-state index is 10.6. The van der Waals surface area contributed by atoms with Crippen LogP contribution in [0.2, 0.25) is 0 Å². The standard InChI is InChI=1S/C5H11N2O6P.C4H7NO4/c6-5(10)3(1-4(8)9)7-2-14(11,12)13;5-2(4(8)9)1-3(6)7/h3,7H,1-2H2,(H2,6,10)(H,8,9)(H2,11,12,13);2H,1,5H2,(H,6,7)(H,8,9)/t3-;2-/m00/s1. The fourth-order valence-corrected chi connectivity index (χ4v) is 1.41. The molecule has 0 rings (SSSR count). The zero-order chi connectivity index (χ0) is 18.8. The molecule has 0 aromatic rings. The van der Waals surface area contributed by atoms with Crippen LogP contribution in [0, 0.1) is 0 Å². The molecule has 0 radical (unpaired) electrons. The van der Waals surface area contributed by atoms with Crippen LogP contribution in [0.1, 0.15) is 12.8 Å². The van der Waals surface area contributed by atoms with Crippen LogP contribution in [0.25, 0.3) is 0 Å². The summed E-state index contributed by atoms with van der Waals surface area (Å²) in [5, 5.41) is 26.4. The summed E-state index contributed by atoms with van der Waals surface area (Å²) in [6.45, 7) is 0. The van der Waals surface area contributed by atoms with Crippen molar-refractivity contribution in [1.82, 2.24) is 5.32 Å². The van der Waals surface area contributed by atoms with Gasteiger partial charge in [0.15, 0.2) is 0 Å². The second kappa shape index (κ2) is 10.6. The van der Waals surface area contributed by atoms with Crippen LogP contribution in [0.15, 0.2) is 0 Å². The number of nitrogens with two attached hydrogens (primary N) is 2. The molecule has 134 valence electrons. The van der Waals surface area contributed by atoms with Crippen molar-refractivity contribution in [3.05, 3.63) is 0 Å². The van der Waals surface area contributed by atoms with Crippen molar-refractivity contribution in [2.24, 2.45) is 11.5 Å². The Morgan fingerprint density at radius 1 is 1.00 bits per heavy atom. The van der Waals surface area contributed by atoms with Gasteiger partial charge in [-0.2, -0.15) is 0 Å². The third-order valence-corrected chi connectivity index (χ3v) is 2.57. The Balaban J connectivity index is 0. The van der Waals surface area contributed by atoms with Gasteiger partial charge in [0.25, 0.3) is 0 Å². The molecule has 0 bridgehead atoms. The van der Waals surface area contributed by atoms with E-state index in [1.54, 1.807) is 0 Å². The zero-order valence-electron chi connectivity index (χ0n) is 11.7. The Labute approximate surface area is 129 Å². The highest BCUT2D eigenvalue weighted by molar-refractivity contribution is 7.51. The van der Waals surface area contributed by atoms with Gasteiger partial charge in [0, 0.05) is 0 Å². The Hall–Kier alpha value is -2.05. The summed E-state index contributed by atoms with van der Waals surface area (Å²) in [5.74, 6) is -4.75. The van der Waals surface area contributed by atoms with Gasteiger partial charge in [0.05, 0.1) is 25.2 Å². The Bertz CT molecular complexity index is 490. The van der Waals surface area contributed by atoms with Gasteiger partial charge in [-0.1, -0.05) is 0 Å². The molecule has 10 N–H and O–H groups in total. The van der Waals surface area contributed by atoms with Crippen molar-refractivity contribution < 1.29 is 48.8 Å². The minimum absolute atomic E-state index is 0.532. The first-order valence-corrected chi connectivity index (χ1v) is 7.55. The average molecular weight is 359 g/mol. The van der Waals surface area contributed by atoms with Gasteiger partial charge in [-0.05, 0) is 0 Å². The maximum atomic E-state index is 10.6. The molecule has 0 aromatic carbocycles. The topological polar surface area (TPSA) is 251 Å². The molecule has 0 aliphatic rings. The monoisotopic (exact) mass is 359 g/mol. The molecule has 14 heteroatoms. The SMILES string of the molecule is NC(=O)[C@H](CC(=O)O)NCP(=O)(O)O.N[C@@H](CC(=O)O)C(=O)O. The minimum atomic E-state index is -4.31. The van der Waals surface area contributed by atoms with E-state index in [1.807, 2.05) is 0 Å². The molecule has 0 spiro atoms. The normalized spacial score (nSPS) is 13.2. The number of carboxylic acid groups (broad SMARTS) is 3. The van der Waals surface area contributed by atoms with Crippen LogP contribution in [0.4, 0.5) is 0 Å². The van der Waals surface area contributed by atoms with Crippen LogP contribution in [0.5, 0.6) is 0 Å². The third-order valence-electron chi connectivity index (χ3n) is 1.98. The number of nitrogens with one attached hydrogen (secondary N) is 1. The zero-order valence-corrected chi connectivity index (χ0v) is 12.5. The molecule has 23 heavy (non-hydrogen) atoms. The second-order valence-electron chi connectivity index (χ2n) is 4.12. The van der Waals surface area contributed by atoms with Crippen LogP contribution in [-0.4, -0.2) is 67.3 Å². The number of hydrogen-bond acceptors (Lipinski definition) is 7. The van der Waals surface area contributed by atoms with Crippen LogP contribution < -0.4 is 16.8 Å². The van der Waals surface area contributed by atoms with Crippen LogP contribution >= 0.6 is 7.60 Å². The van der Waals surface area contributed by atoms with Crippen LogP contribution in [-0.2, 0) is 23.7 Å². The highest BCUT2D eigenvalue weighted by Crippen LogP contribution is 2.32. The predicted molar refractivity (Wildman–Crippen MR) is 73.1 cm³/mol. The average Bonchev–Trinajstić information content (AvgIpc) is 2.32. The van der Waals surface area contributed by atoms with E-state index < -0.39 is 62.6 Å². The van der Waals surface area contributed by atoms with E-state index in [0.717, 1.165) is 0 Å². The summed E-state index contributed by atoms with van der Waals surface area (Å²) in [7, 11) is -4.31. The van der Waals surface area contributed by atoms with Gasteiger partial charge >= 0.3 is 25.5 Å². The van der Waals surface area contributed by atoms with Crippen molar-refractivity contribution in [1.29, 1.82) is 0 Å². The van der Waals surface area contributed by atoms with Gasteiger partial charge in [0.2, 0.25) is 5.91 Å². The van der Waals surface area contributed by atoms with Gasteiger partial charge < -0.3 is 36.6 Å². The number of carboxylic acids is 3. The van der Waals surface area contributed by atoms with Gasteiger partial charge in [-0.25, -0.2) is 0 Å². The summed E-state index contributed by atoms with van der Waals surface area (Å²) in [4.78, 5) is 57.3. The summed E-state index contributed by atoms with van der Waals surface area (Å²) < 4.78 is 10.4. The lowest BCUT2D eigenvalue weighted by Gasteiger charge is -2.13. The van der Waals surface area contributed by atoms with Crippen molar-refractivity contribution in [2.75, 3.05) is 6.29 Å². The largest absolute Gasteiger partial charge is 0.481 e. The predicted octanol–water partition coefficient (Wildman–Crippen LogP) is -3.09. The lowest BCUT2D eigenvalue weighted by atomic mass is 10.2. The smallest absolute Gasteiger partial charge is 0.339 e. The van der Waals surface area contributed by atoms with Crippen molar-refractivity contribution in [2.45, 2.75) is 24.9 Å².